The summed E-state index contributed by atoms with van der Waals surface area (Å²) in [5.41, 5.74) is 2.03. The van der Waals surface area contributed by atoms with Gasteiger partial charge in [0.05, 0.1) is 57.7 Å². The molecule has 8 amide bonds. The van der Waals surface area contributed by atoms with Gasteiger partial charge in [0.25, 0.3) is 47.3 Å². The molecule has 4 aliphatic rings. The smallest absolute Gasteiger partial charge is 0.379 e. The number of imide groups is 4. The van der Waals surface area contributed by atoms with E-state index in [0.717, 1.165) is 16.2 Å². The molecule has 0 saturated heterocycles. The quantitative estimate of drug-likeness (QED) is 0.0862. The zero-order valence-electron chi connectivity index (χ0n) is 45.9. The molecule has 24 nitrogen and oxygen atoms in total. The lowest BCUT2D eigenvalue weighted by atomic mass is 9.95. The summed E-state index contributed by atoms with van der Waals surface area (Å²) in [5, 5.41) is 6.50. The van der Waals surface area contributed by atoms with E-state index in [1.54, 1.807) is 129 Å². The van der Waals surface area contributed by atoms with E-state index in [1.807, 2.05) is 36.4 Å². The number of alkyl halides is 3. The predicted octanol–water partition coefficient (Wildman–Crippen LogP) is 10.7. The van der Waals surface area contributed by atoms with Crippen molar-refractivity contribution in [3.05, 3.63) is 220 Å². The van der Waals surface area contributed by atoms with Crippen LogP contribution >= 0.6 is 0 Å². The molecule has 0 aliphatic carbocycles. The summed E-state index contributed by atoms with van der Waals surface area (Å²) in [7, 11) is 0. The van der Waals surface area contributed by atoms with Crippen LogP contribution in [-0.4, -0.2) is 104 Å². The normalized spacial score (nSPS) is 15.1. The minimum Gasteiger partial charge on any atom is -0.379 e. The number of carbonyl (C=O) groups is 8. The molecular weight excluding hydrogens is 1290 g/mol. The molecule has 0 radical (unpaired) electrons. The largest absolute Gasteiger partial charge is 0.537 e. The van der Waals surface area contributed by atoms with E-state index < -0.39 is 99.1 Å². The van der Waals surface area contributed by atoms with Crippen molar-refractivity contribution in [2.24, 2.45) is 0 Å². The number of hydroxylamine groups is 8. The van der Waals surface area contributed by atoms with E-state index >= 15 is 0 Å². The average Bonchev–Trinajstić information content (AvgIpc) is 0.789. The molecule has 13 rings (SSSR count). The maximum Gasteiger partial charge on any atom is 0.537 e. The number of nitrogens with zero attached hydrogens (tertiary/aromatic N) is 4. The number of hydrogen-bond donors (Lipinski definition) is 0. The van der Waals surface area contributed by atoms with Crippen LogP contribution in [0, 0.1) is 0 Å². The number of carbonyl (C=O) groups excluding carboxylic acids is 8. The van der Waals surface area contributed by atoms with Crippen LogP contribution in [0.2, 0.25) is 0 Å². The first-order valence-corrected chi connectivity index (χ1v) is 30.0. The van der Waals surface area contributed by atoms with Gasteiger partial charge in [-0.3, -0.25) is 46.7 Å². The van der Waals surface area contributed by atoms with E-state index in [-0.39, 0.29) is 44.3 Å². The zero-order valence-corrected chi connectivity index (χ0v) is 49.1. The van der Waals surface area contributed by atoms with Gasteiger partial charge in [-0.25, -0.2) is 0 Å². The summed E-state index contributed by atoms with van der Waals surface area (Å²) in [5.74, 6) is -5.75. The van der Waals surface area contributed by atoms with Gasteiger partial charge >= 0.3 is 51.8 Å². The Labute approximate surface area is 530 Å². The topological polar surface area (TPSA) is 292 Å². The Morgan fingerprint density at radius 1 is 0.326 bits per heavy atom. The summed E-state index contributed by atoms with van der Waals surface area (Å²) in [6, 6.07) is 48.3. The number of para-hydroxylation sites is 1. The van der Waals surface area contributed by atoms with Gasteiger partial charge in [-0.1, -0.05) is 130 Å². The van der Waals surface area contributed by atoms with E-state index in [4.69, 9.17) is 25.4 Å². The lowest BCUT2D eigenvalue weighted by molar-refractivity contribution is -0.274. The Morgan fingerprint density at radius 2 is 0.554 bits per heavy atom. The number of amides is 8. The Hall–Kier alpha value is -9.51. The van der Waals surface area contributed by atoms with Crippen molar-refractivity contribution in [3.8, 4) is 5.75 Å². The molecule has 0 fully saturated rings. The van der Waals surface area contributed by atoms with Crippen molar-refractivity contribution < 1.29 is 102 Å². The second-order valence-corrected chi connectivity index (χ2v) is 21.3. The predicted molar refractivity (Wildman–Crippen MR) is 326 cm³/mol. The summed E-state index contributed by atoms with van der Waals surface area (Å²) in [6.07, 6.45) is -5.25. The summed E-state index contributed by atoms with van der Waals surface area (Å²) in [6.45, 7) is 3.51. The van der Waals surface area contributed by atoms with E-state index in [9.17, 15) is 68.4 Å². The fourth-order valence-electron chi connectivity index (χ4n) is 9.45. The molecule has 9 aromatic rings. The lowest BCUT2D eigenvalue weighted by Gasteiger charge is -2.24. The average molecular weight is 1340 g/mol. The molecule has 31 heteroatoms. The highest BCUT2D eigenvalue weighted by Gasteiger charge is 2.41. The van der Waals surface area contributed by atoms with Crippen LogP contribution in [0.1, 0.15) is 112 Å². The Kier molecular flexibility index (Phi) is 21.7. The minimum atomic E-state index is -5.25. The third-order valence-corrected chi connectivity index (χ3v) is 15.6. The van der Waals surface area contributed by atoms with Gasteiger partial charge in [0, 0.05) is 21.5 Å². The van der Waals surface area contributed by atoms with Crippen molar-refractivity contribution in [1.29, 1.82) is 0 Å². The molecule has 0 N–H and O–H groups in total. The summed E-state index contributed by atoms with van der Waals surface area (Å²) >= 11 is -10.1. The molecule has 0 saturated carbocycles. The third kappa shape index (κ3) is 14.2. The number of halogens is 3. The van der Waals surface area contributed by atoms with Crippen LogP contribution in [0.15, 0.2) is 176 Å². The SMILES string of the molecule is C.C.CCOS(=O)ON1C(=O)c2cccc3cccc(c23)C1=O.CCOS(=O)ON1C(=O)c2cccc3cccc(c23)C1=O.O=C1c2cccc3cccc(c23)C(=O)N1OS(=O)OC(F)(F)F.O=C1c2cccc3cccc(c23)C(=O)N1OS(=O)Oc1ccccc1. The Balaban J connectivity index is 0.000000157. The van der Waals surface area contributed by atoms with Crippen LogP contribution in [0.5, 0.6) is 5.75 Å². The molecular formula is C61H47F3N4O20S4. The molecule has 476 valence electrons. The lowest BCUT2D eigenvalue weighted by Crippen LogP contribution is -2.41. The fourth-order valence-corrected chi connectivity index (χ4v) is 11.4. The van der Waals surface area contributed by atoms with Crippen molar-refractivity contribution in [2.45, 2.75) is 35.1 Å². The number of benzene rings is 9. The van der Waals surface area contributed by atoms with Crippen LogP contribution in [0.25, 0.3) is 43.1 Å². The van der Waals surface area contributed by atoms with E-state index in [2.05, 4.69) is 8.47 Å². The van der Waals surface area contributed by atoms with Gasteiger partial charge in [-0.05, 0) is 96.1 Å². The highest BCUT2D eigenvalue weighted by atomic mass is 32.2. The van der Waals surface area contributed by atoms with E-state index in [0.29, 0.717) is 81.3 Å². The Morgan fingerprint density at radius 3 is 0.783 bits per heavy atom. The van der Waals surface area contributed by atoms with Crippen LogP contribution in [0.4, 0.5) is 13.2 Å². The molecule has 0 bridgehead atoms. The zero-order chi connectivity index (χ0) is 64.1. The monoisotopic (exact) mass is 1340 g/mol. The van der Waals surface area contributed by atoms with Gasteiger partial charge in [0.15, 0.2) is 0 Å². The molecule has 4 heterocycles. The highest BCUT2D eigenvalue weighted by molar-refractivity contribution is 7.76. The Bertz CT molecular complexity index is 4230. The highest BCUT2D eigenvalue weighted by Crippen LogP contribution is 2.35. The molecule has 92 heavy (non-hydrogen) atoms. The maximum absolute atomic E-state index is 12.6. The minimum absolute atomic E-state index is 0. The first-order valence-electron chi connectivity index (χ1n) is 26.0. The second-order valence-electron chi connectivity index (χ2n) is 18.3. The summed E-state index contributed by atoms with van der Waals surface area (Å²) < 4.78 is 119. The fraction of sp³-hybridized carbons (Fsp3) is 0.115. The molecule has 9 aromatic carbocycles. The summed E-state index contributed by atoms with van der Waals surface area (Å²) in [4.78, 5) is 99.0. The molecule has 0 aromatic heterocycles. The van der Waals surface area contributed by atoms with Crippen LogP contribution in [-0.2, 0) is 75.1 Å². The number of rotatable bonds is 15. The van der Waals surface area contributed by atoms with Crippen molar-refractivity contribution in [3.63, 3.8) is 0 Å². The van der Waals surface area contributed by atoms with Crippen molar-refractivity contribution >= 4 is 136 Å². The maximum atomic E-state index is 12.6. The van der Waals surface area contributed by atoms with Gasteiger partial charge < -0.3 is 4.18 Å². The van der Waals surface area contributed by atoms with Gasteiger partial charge in [-0.2, -0.15) is 21.0 Å². The van der Waals surface area contributed by atoms with Crippen LogP contribution in [0.3, 0.4) is 0 Å². The first kappa shape index (κ1) is 68.4. The second kappa shape index (κ2) is 29.2. The number of hydrogen-bond acceptors (Lipinski definition) is 20. The van der Waals surface area contributed by atoms with Gasteiger partial charge in [-0.15, -0.1) is 50.6 Å². The van der Waals surface area contributed by atoms with Gasteiger partial charge in [0.2, 0.25) is 0 Å². The molecule has 0 spiro atoms. The van der Waals surface area contributed by atoms with Crippen LogP contribution < -0.4 is 4.18 Å². The van der Waals surface area contributed by atoms with Crippen molar-refractivity contribution in [1.82, 2.24) is 20.3 Å². The van der Waals surface area contributed by atoms with E-state index in [1.165, 1.54) is 24.3 Å². The first-order chi connectivity index (χ1) is 43.2. The third-order valence-electron chi connectivity index (χ3n) is 13.0. The molecule has 4 unspecified atom stereocenters. The van der Waals surface area contributed by atoms with Crippen molar-refractivity contribution in [2.75, 3.05) is 13.2 Å². The van der Waals surface area contributed by atoms with Gasteiger partial charge in [0.1, 0.15) is 5.75 Å². The standard InChI is InChI=1S/C18H11NO5S.2C14H11NO5S.C13H6F3NO5S.2CH4/c20-17-14-10-4-6-12-7-5-11-15(16(12)14)18(21)19(17)24-25(22)23-13-8-2-1-3-9-13;2*1-2-19-21(18)20-15-13(16)10-7-3-5-9-6-4-8-11(12(9)10)14(15)17;14-13(15,16)21-23(20)22-17-11(18)8-5-1-3-7-4-2-6-9(10(7)8)12(17)19;;/h1-11H;2*3-8H,2H2,1H3;1-6H;2*1H4. The molecule has 4 aliphatic heterocycles. The molecule has 4 atom stereocenters.